The van der Waals surface area contributed by atoms with Crippen molar-refractivity contribution in [3.05, 3.63) is 23.0 Å². The second kappa shape index (κ2) is 13.1. The number of carbonyl (C=O) groups is 2. The molecule has 3 heterocycles. The van der Waals surface area contributed by atoms with E-state index in [2.05, 4.69) is 34.7 Å². The Bertz CT molecular complexity index is 877. The van der Waals surface area contributed by atoms with Crippen LogP contribution in [0.1, 0.15) is 67.7 Å². The van der Waals surface area contributed by atoms with E-state index >= 15 is 0 Å². The molecule has 8 nitrogen and oxygen atoms in total. The highest BCUT2D eigenvalue weighted by atomic mass is 16.5. The minimum absolute atomic E-state index is 0.0116. The molecule has 0 saturated carbocycles. The molecule has 2 amide bonds. The molecule has 3 aliphatic rings. The van der Waals surface area contributed by atoms with Crippen molar-refractivity contribution in [2.45, 2.75) is 71.4 Å². The third-order valence-electron chi connectivity index (χ3n) is 7.87. The van der Waals surface area contributed by atoms with Gasteiger partial charge in [-0.25, -0.2) is 0 Å². The minimum atomic E-state index is -0.0988. The number of carbonyl (C=O) groups excluding carboxylic acids is 2. The van der Waals surface area contributed by atoms with Crippen LogP contribution in [0.3, 0.4) is 0 Å². The van der Waals surface area contributed by atoms with E-state index in [1.807, 2.05) is 4.90 Å². The molecule has 0 aromatic carbocycles. The van der Waals surface area contributed by atoms with Crippen LogP contribution >= 0.6 is 0 Å². The quantitative estimate of drug-likeness (QED) is 0.498. The summed E-state index contributed by atoms with van der Waals surface area (Å²) in [4.78, 5) is 31.5. The number of aryl methyl sites for hydroxylation is 1. The number of nitrogens with zero attached hydrogens (tertiary/aromatic N) is 3. The van der Waals surface area contributed by atoms with Gasteiger partial charge in [0, 0.05) is 64.7 Å². The zero-order chi connectivity index (χ0) is 25.5. The number of nitrogens with one attached hydrogen (secondary N) is 1. The Kier molecular flexibility index (Phi) is 9.85. The highest BCUT2D eigenvalue weighted by Gasteiger charge is 2.36. The van der Waals surface area contributed by atoms with Gasteiger partial charge in [-0.1, -0.05) is 13.8 Å². The van der Waals surface area contributed by atoms with Crippen LogP contribution in [0.5, 0.6) is 0 Å². The van der Waals surface area contributed by atoms with Crippen molar-refractivity contribution in [2.24, 2.45) is 11.8 Å². The van der Waals surface area contributed by atoms with E-state index in [9.17, 15) is 9.59 Å². The summed E-state index contributed by atoms with van der Waals surface area (Å²) in [7, 11) is 1.74. The summed E-state index contributed by atoms with van der Waals surface area (Å²) < 4.78 is 13.0. The summed E-state index contributed by atoms with van der Waals surface area (Å²) in [5, 5.41) is 3.48. The SMILES string of the molecule is COCCCCn1c(C(=O)N(CC(C)C)C2CNCC(C(=O)N3CCOCC3)C2)cc2c1CCCC2. The molecule has 1 N–H and O–H groups in total. The molecule has 0 spiro atoms. The second-order valence-electron chi connectivity index (χ2n) is 11.1. The highest BCUT2D eigenvalue weighted by Crippen LogP contribution is 2.28. The van der Waals surface area contributed by atoms with Crippen LogP contribution in [0.15, 0.2) is 6.07 Å². The molecule has 0 radical (unpaired) electrons. The maximum atomic E-state index is 14.2. The van der Waals surface area contributed by atoms with E-state index in [0.29, 0.717) is 45.3 Å². The van der Waals surface area contributed by atoms with E-state index in [4.69, 9.17) is 9.47 Å². The first kappa shape index (κ1) is 27.1. The standard InChI is InChI=1S/C28H46N4O4/c1-21(2)20-32(24-16-23(18-29-19-24)27(33)30-11-14-36-15-12-30)28(34)26-17-22-8-4-5-9-25(22)31(26)10-6-7-13-35-3/h17,21,23-24,29H,4-16,18-20H2,1-3H3. The molecule has 1 aromatic rings. The number of hydrogen-bond donors (Lipinski definition) is 1. The predicted molar refractivity (Wildman–Crippen MR) is 140 cm³/mol. The smallest absolute Gasteiger partial charge is 0.270 e. The molecule has 8 heteroatoms. The summed E-state index contributed by atoms with van der Waals surface area (Å²) in [5.41, 5.74) is 3.54. The van der Waals surface area contributed by atoms with Crippen LogP contribution in [0.25, 0.3) is 0 Å². The first-order chi connectivity index (χ1) is 17.5. The minimum Gasteiger partial charge on any atom is -0.385 e. The monoisotopic (exact) mass is 502 g/mol. The van der Waals surface area contributed by atoms with Gasteiger partial charge in [-0.2, -0.15) is 0 Å². The van der Waals surface area contributed by atoms with Gasteiger partial charge in [0.1, 0.15) is 5.69 Å². The van der Waals surface area contributed by atoms with Crippen molar-refractivity contribution in [1.29, 1.82) is 0 Å². The third kappa shape index (κ3) is 6.50. The molecule has 1 aliphatic carbocycles. The third-order valence-corrected chi connectivity index (χ3v) is 7.87. The summed E-state index contributed by atoms with van der Waals surface area (Å²) in [5.74, 6) is 0.572. The molecule has 2 unspecified atom stereocenters. The van der Waals surface area contributed by atoms with Gasteiger partial charge >= 0.3 is 0 Å². The van der Waals surface area contributed by atoms with Gasteiger partial charge < -0.3 is 29.2 Å². The summed E-state index contributed by atoms with van der Waals surface area (Å²) in [6.07, 6.45) is 7.21. The second-order valence-corrected chi connectivity index (χ2v) is 11.1. The fraction of sp³-hybridized carbons (Fsp3) is 0.786. The molecule has 202 valence electrons. The molecule has 2 fully saturated rings. The van der Waals surface area contributed by atoms with Crippen LogP contribution in [0.4, 0.5) is 0 Å². The Hall–Kier alpha value is -1.90. The van der Waals surface area contributed by atoms with Gasteiger partial charge in [0.05, 0.1) is 19.1 Å². The maximum Gasteiger partial charge on any atom is 0.270 e. The average Bonchev–Trinajstić information content (AvgIpc) is 3.28. The van der Waals surface area contributed by atoms with Gasteiger partial charge in [0.25, 0.3) is 5.91 Å². The number of ether oxygens (including phenoxy) is 2. The van der Waals surface area contributed by atoms with Gasteiger partial charge in [-0.05, 0) is 62.5 Å². The molecule has 4 rings (SSSR count). The van der Waals surface area contributed by atoms with E-state index < -0.39 is 0 Å². The Balaban J connectivity index is 1.54. The Morgan fingerprint density at radius 2 is 1.94 bits per heavy atom. The van der Waals surface area contributed by atoms with Crippen LogP contribution in [-0.4, -0.2) is 91.9 Å². The lowest BCUT2D eigenvalue weighted by molar-refractivity contribution is -0.140. The van der Waals surface area contributed by atoms with Gasteiger partial charge in [0.15, 0.2) is 0 Å². The van der Waals surface area contributed by atoms with E-state index in [-0.39, 0.29) is 23.8 Å². The number of amides is 2. The highest BCUT2D eigenvalue weighted by molar-refractivity contribution is 5.93. The Morgan fingerprint density at radius 3 is 2.69 bits per heavy atom. The number of aromatic nitrogens is 1. The van der Waals surface area contributed by atoms with Crippen LogP contribution in [0.2, 0.25) is 0 Å². The van der Waals surface area contributed by atoms with Crippen molar-refractivity contribution in [1.82, 2.24) is 19.7 Å². The number of unbranched alkanes of at least 4 members (excludes halogenated alkanes) is 1. The summed E-state index contributed by atoms with van der Waals surface area (Å²) >= 11 is 0. The number of fused-ring (bicyclic) bond motifs is 1. The first-order valence-corrected chi connectivity index (χ1v) is 14.1. The topological polar surface area (TPSA) is 76.0 Å². The van der Waals surface area contributed by atoms with Crippen molar-refractivity contribution in [3.63, 3.8) is 0 Å². The zero-order valence-corrected chi connectivity index (χ0v) is 22.6. The van der Waals surface area contributed by atoms with E-state index in [0.717, 1.165) is 57.5 Å². The largest absolute Gasteiger partial charge is 0.385 e. The molecule has 0 bridgehead atoms. The fourth-order valence-corrected chi connectivity index (χ4v) is 6.04. The normalized spacial score (nSPS) is 22.5. The molecular formula is C28H46N4O4. The van der Waals surface area contributed by atoms with E-state index in [1.54, 1.807) is 7.11 Å². The molecule has 36 heavy (non-hydrogen) atoms. The van der Waals surface area contributed by atoms with E-state index in [1.165, 1.54) is 24.1 Å². The van der Waals surface area contributed by atoms with Gasteiger partial charge in [-0.15, -0.1) is 0 Å². The lowest BCUT2D eigenvalue weighted by atomic mass is 9.92. The number of rotatable bonds is 10. The lowest BCUT2D eigenvalue weighted by Gasteiger charge is -2.40. The van der Waals surface area contributed by atoms with Crippen LogP contribution in [-0.2, 0) is 33.7 Å². The molecule has 2 aliphatic heterocycles. The van der Waals surface area contributed by atoms with Crippen LogP contribution < -0.4 is 5.32 Å². The average molecular weight is 503 g/mol. The summed E-state index contributed by atoms with van der Waals surface area (Å²) in [6.45, 7) is 10.6. The lowest BCUT2D eigenvalue weighted by Crippen LogP contribution is -2.56. The summed E-state index contributed by atoms with van der Waals surface area (Å²) in [6, 6.07) is 2.19. The van der Waals surface area contributed by atoms with Gasteiger partial charge in [0.2, 0.25) is 5.91 Å². The fourth-order valence-electron chi connectivity index (χ4n) is 6.04. The Labute approximate surface area is 216 Å². The molecule has 2 atom stereocenters. The molecule has 1 aromatic heterocycles. The first-order valence-electron chi connectivity index (χ1n) is 14.1. The van der Waals surface area contributed by atoms with Gasteiger partial charge in [-0.3, -0.25) is 9.59 Å². The number of hydrogen-bond acceptors (Lipinski definition) is 5. The Morgan fingerprint density at radius 1 is 1.17 bits per heavy atom. The maximum absolute atomic E-state index is 14.2. The zero-order valence-electron chi connectivity index (χ0n) is 22.6. The number of morpholine rings is 1. The molecular weight excluding hydrogens is 456 g/mol. The van der Waals surface area contributed by atoms with Crippen molar-refractivity contribution in [3.8, 4) is 0 Å². The number of piperidine rings is 1. The van der Waals surface area contributed by atoms with Crippen LogP contribution in [0, 0.1) is 11.8 Å². The predicted octanol–water partition coefficient (Wildman–Crippen LogP) is 2.73. The molecule has 2 saturated heterocycles. The number of methoxy groups -OCH3 is 1. The van der Waals surface area contributed by atoms with Crippen molar-refractivity contribution >= 4 is 11.8 Å². The van der Waals surface area contributed by atoms with Crippen molar-refractivity contribution in [2.75, 3.05) is 59.7 Å². The van der Waals surface area contributed by atoms with Crippen molar-refractivity contribution < 1.29 is 19.1 Å².